The van der Waals surface area contributed by atoms with Crippen LogP contribution >= 0.6 is 0 Å². The Kier molecular flexibility index (Phi) is 4.53. The van der Waals surface area contributed by atoms with E-state index in [1.807, 2.05) is 18.2 Å². The molecule has 1 aromatic heterocycles. The first-order chi connectivity index (χ1) is 9.63. The Morgan fingerprint density at radius 2 is 2.15 bits per heavy atom. The Hall–Kier alpha value is -2.14. The molecule has 0 bridgehead atoms. The molecule has 2 rings (SSSR count). The van der Waals surface area contributed by atoms with E-state index >= 15 is 0 Å². The van der Waals surface area contributed by atoms with Gasteiger partial charge in [0.2, 0.25) is 0 Å². The lowest BCUT2D eigenvalue weighted by Crippen LogP contribution is -2.21. The molecular formula is C15H20N4O. The van der Waals surface area contributed by atoms with E-state index in [2.05, 4.69) is 30.3 Å². The van der Waals surface area contributed by atoms with Crippen molar-refractivity contribution in [3.8, 4) is 5.69 Å². The van der Waals surface area contributed by atoms with Crippen molar-refractivity contribution >= 4 is 5.91 Å². The number of rotatable bonds is 6. The zero-order chi connectivity index (χ0) is 14.5. The fraction of sp³-hybridized carbons (Fsp3) is 0.333. The van der Waals surface area contributed by atoms with Crippen LogP contribution in [0.3, 0.4) is 0 Å². The molecule has 0 aliphatic carbocycles. The second-order valence-corrected chi connectivity index (χ2v) is 4.74. The summed E-state index contributed by atoms with van der Waals surface area (Å²) in [4.78, 5) is 11.1. The number of carbonyl (C=O) groups excluding carboxylic acids is 1. The minimum Gasteiger partial charge on any atom is -0.364 e. The van der Waals surface area contributed by atoms with Crippen LogP contribution in [0.2, 0.25) is 0 Å². The summed E-state index contributed by atoms with van der Waals surface area (Å²) in [5.41, 5.74) is 7.61. The molecule has 0 aliphatic heterocycles. The summed E-state index contributed by atoms with van der Waals surface area (Å²) < 4.78 is 1.69. The number of para-hydroxylation sites is 1. The molecule has 0 fully saturated rings. The predicted octanol–water partition coefficient (Wildman–Crippen LogP) is 2.03. The first-order valence-corrected chi connectivity index (χ1v) is 6.81. The van der Waals surface area contributed by atoms with Crippen molar-refractivity contribution < 1.29 is 4.79 Å². The smallest absolute Gasteiger partial charge is 0.269 e. The maximum Gasteiger partial charge on any atom is 0.269 e. The zero-order valence-corrected chi connectivity index (χ0v) is 11.8. The molecule has 3 N–H and O–H groups in total. The second-order valence-electron chi connectivity index (χ2n) is 4.74. The van der Waals surface area contributed by atoms with Gasteiger partial charge < -0.3 is 11.1 Å². The third-order valence-corrected chi connectivity index (χ3v) is 3.19. The molecule has 5 nitrogen and oxygen atoms in total. The Bertz CT molecular complexity index is 591. The molecule has 0 saturated carbocycles. The summed E-state index contributed by atoms with van der Waals surface area (Å²) in [5, 5.41) is 7.67. The third-order valence-electron chi connectivity index (χ3n) is 3.19. The van der Waals surface area contributed by atoms with E-state index in [1.54, 1.807) is 16.9 Å². The Labute approximate surface area is 118 Å². The molecule has 2 aromatic rings. The highest BCUT2D eigenvalue weighted by atomic mass is 16.1. The third kappa shape index (κ3) is 3.05. The average Bonchev–Trinajstić information content (AvgIpc) is 2.94. The van der Waals surface area contributed by atoms with Crippen LogP contribution in [0.1, 0.15) is 42.4 Å². The highest BCUT2D eigenvalue weighted by Crippen LogP contribution is 2.21. The van der Waals surface area contributed by atoms with Gasteiger partial charge in [0.1, 0.15) is 5.69 Å². The molecule has 1 aromatic carbocycles. The monoisotopic (exact) mass is 272 g/mol. The van der Waals surface area contributed by atoms with Gasteiger partial charge in [-0.05, 0) is 37.6 Å². The lowest BCUT2D eigenvalue weighted by atomic mass is 10.1. The van der Waals surface area contributed by atoms with Gasteiger partial charge in [-0.15, -0.1) is 0 Å². The Morgan fingerprint density at radius 3 is 2.80 bits per heavy atom. The summed E-state index contributed by atoms with van der Waals surface area (Å²) in [5.74, 6) is -0.515. The number of carbonyl (C=O) groups is 1. The van der Waals surface area contributed by atoms with Crippen LogP contribution in [0, 0.1) is 0 Å². The van der Waals surface area contributed by atoms with Crippen molar-refractivity contribution in [1.29, 1.82) is 0 Å². The molecule has 0 radical (unpaired) electrons. The molecule has 0 aliphatic rings. The van der Waals surface area contributed by atoms with E-state index in [9.17, 15) is 4.79 Å². The standard InChI is InChI=1S/C15H20N4O/c1-3-9-17-11(2)12-6-4-5-7-14(12)19-10-8-13(18-19)15(16)20/h4-8,10-11,17H,3,9H2,1-2H3,(H2,16,20). The molecule has 1 amide bonds. The van der Waals surface area contributed by atoms with Gasteiger partial charge in [-0.2, -0.15) is 5.10 Å². The summed E-state index contributed by atoms with van der Waals surface area (Å²) >= 11 is 0. The quantitative estimate of drug-likeness (QED) is 0.845. The van der Waals surface area contributed by atoms with Crippen LogP contribution in [0.4, 0.5) is 0 Å². The minimum atomic E-state index is -0.515. The maximum atomic E-state index is 11.1. The highest BCUT2D eigenvalue weighted by Gasteiger charge is 2.13. The van der Waals surface area contributed by atoms with Gasteiger partial charge in [0, 0.05) is 12.2 Å². The molecule has 0 saturated heterocycles. The fourth-order valence-corrected chi connectivity index (χ4v) is 2.12. The molecule has 1 atom stereocenters. The Balaban J connectivity index is 2.33. The summed E-state index contributed by atoms with van der Waals surface area (Å²) in [6.45, 7) is 5.21. The zero-order valence-electron chi connectivity index (χ0n) is 11.8. The van der Waals surface area contributed by atoms with Crippen molar-refractivity contribution in [2.24, 2.45) is 5.73 Å². The largest absolute Gasteiger partial charge is 0.364 e. The van der Waals surface area contributed by atoms with Crippen LogP contribution < -0.4 is 11.1 Å². The highest BCUT2D eigenvalue weighted by molar-refractivity contribution is 5.90. The van der Waals surface area contributed by atoms with E-state index in [0.717, 1.165) is 24.2 Å². The molecule has 0 spiro atoms. The Morgan fingerprint density at radius 1 is 1.40 bits per heavy atom. The van der Waals surface area contributed by atoms with Gasteiger partial charge in [-0.25, -0.2) is 4.68 Å². The number of benzene rings is 1. The summed E-state index contributed by atoms with van der Waals surface area (Å²) in [6, 6.07) is 9.85. The van der Waals surface area contributed by atoms with Crippen molar-refractivity contribution in [3.05, 3.63) is 47.8 Å². The van der Waals surface area contributed by atoms with E-state index in [-0.39, 0.29) is 11.7 Å². The molecule has 5 heteroatoms. The van der Waals surface area contributed by atoms with Gasteiger partial charge >= 0.3 is 0 Å². The van der Waals surface area contributed by atoms with Gasteiger partial charge in [0.15, 0.2) is 0 Å². The van der Waals surface area contributed by atoms with Crippen LogP contribution in [-0.2, 0) is 0 Å². The number of primary amides is 1. The number of hydrogen-bond acceptors (Lipinski definition) is 3. The summed E-state index contributed by atoms with van der Waals surface area (Å²) in [7, 11) is 0. The van der Waals surface area contributed by atoms with Crippen molar-refractivity contribution in [2.45, 2.75) is 26.3 Å². The van der Waals surface area contributed by atoms with Crippen molar-refractivity contribution in [1.82, 2.24) is 15.1 Å². The number of nitrogens with one attached hydrogen (secondary N) is 1. The number of nitrogens with zero attached hydrogens (tertiary/aromatic N) is 2. The van der Waals surface area contributed by atoms with E-state index < -0.39 is 5.91 Å². The van der Waals surface area contributed by atoms with Crippen LogP contribution in [-0.4, -0.2) is 22.2 Å². The van der Waals surface area contributed by atoms with Gasteiger partial charge in [-0.1, -0.05) is 25.1 Å². The minimum absolute atomic E-state index is 0.215. The lowest BCUT2D eigenvalue weighted by molar-refractivity contribution is 0.0995. The van der Waals surface area contributed by atoms with E-state index in [0.29, 0.717) is 0 Å². The molecular weight excluding hydrogens is 252 g/mol. The normalized spacial score (nSPS) is 12.3. The van der Waals surface area contributed by atoms with Crippen LogP contribution in [0.15, 0.2) is 36.5 Å². The van der Waals surface area contributed by atoms with E-state index in [4.69, 9.17) is 5.73 Å². The first kappa shape index (κ1) is 14.3. The first-order valence-electron chi connectivity index (χ1n) is 6.81. The van der Waals surface area contributed by atoms with Gasteiger partial charge in [-0.3, -0.25) is 4.79 Å². The van der Waals surface area contributed by atoms with Crippen LogP contribution in [0.25, 0.3) is 5.69 Å². The number of amides is 1. The lowest BCUT2D eigenvalue weighted by Gasteiger charge is -2.17. The van der Waals surface area contributed by atoms with Crippen molar-refractivity contribution in [2.75, 3.05) is 6.54 Å². The second kappa shape index (κ2) is 6.34. The number of nitrogens with two attached hydrogens (primary N) is 1. The fourth-order valence-electron chi connectivity index (χ4n) is 2.12. The average molecular weight is 272 g/mol. The van der Waals surface area contributed by atoms with Crippen LogP contribution in [0.5, 0.6) is 0 Å². The van der Waals surface area contributed by atoms with E-state index in [1.165, 1.54) is 0 Å². The van der Waals surface area contributed by atoms with Gasteiger partial charge in [0.25, 0.3) is 5.91 Å². The molecule has 106 valence electrons. The predicted molar refractivity (Wildman–Crippen MR) is 78.8 cm³/mol. The number of aromatic nitrogens is 2. The van der Waals surface area contributed by atoms with Gasteiger partial charge in [0.05, 0.1) is 5.69 Å². The maximum absolute atomic E-state index is 11.1. The molecule has 1 unspecified atom stereocenters. The number of hydrogen-bond donors (Lipinski definition) is 2. The van der Waals surface area contributed by atoms with Crippen molar-refractivity contribution in [3.63, 3.8) is 0 Å². The molecule has 20 heavy (non-hydrogen) atoms. The molecule has 1 heterocycles. The SMILES string of the molecule is CCCNC(C)c1ccccc1-n1ccc(C(N)=O)n1. The summed E-state index contributed by atoms with van der Waals surface area (Å²) in [6.07, 6.45) is 2.84. The topological polar surface area (TPSA) is 72.9 Å².